The lowest BCUT2D eigenvalue weighted by molar-refractivity contribution is 0.276. The van der Waals surface area contributed by atoms with E-state index in [-0.39, 0.29) is 5.69 Å². The molecule has 10 heteroatoms. The van der Waals surface area contributed by atoms with Crippen molar-refractivity contribution in [2.45, 2.75) is 39.3 Å². The Morgan fingerprint density at radius 3 is 2.97 bits per heavy atom. The first-order valence-corrected chi connectivity index (χ1v) is 12.3. The number of nitrogens with one attached hydrogen (secondary N) is 1. The number of aromatic nitrogens is 4. The summed E-state index contributed by atoms with van der Waals surface area (Å²) in [6.07, 6.45) is 11.3. The van der Waals surface area contributed by atoms with Crippen molar-refractivity contribution in [3.63, 3.8) is 0 Å². The summed E-state index contributed by atoms with van der Waals surface area (Å²) in [7, 11) is 0. The number of rotatable bonds is 3. The Balaban J connectivity index is 1.34. The number of aliphatic imine (C=N–C) groups is 1. The minimum absolute atomic E-state index is 0.0409. The van der Waals surface area contributed by atoms with Gasteiger partial charge in [0.2, 0.25) is 5.88 Å². The third-order valence-corrected chi connectivity index (χ3v) is 6.97. The van der Waals surface area contributed by atoms with E-state index in [4.69, 9.17) is 16.2 Å². The number of benzene rings is 1. The number of allylic oxidation sites excluding steroid dienone is 1. The van der Waals surface area contributed by atoms with Crippen LogP contribution >= 0.6 is 0 Å². The lowest BCUT2D eigenvalue weighted by Crippen LogP contribution is -2.16. The summed E-state index contributed by atoms with van der Waals surface area (Å²) in [4.78, 5) is 17.6. The maximum absolute atomic E-state index is 15.4. The molecule has 0 aliphatic carbocycles. The van der Waals surface area contributed by atoms with Crippen molar-refractivity contribution in [3.05, 3.63) is 71.5 Å². The molecule has 0 saturated heterocycles. The van der Waals surface area contributed by atoms with Crippen LogP contribution in [-0.2, 0) is 19.5 Å². The van der Waals surface area contributed by atoms with Crippen LogP contribution in [0.1, 0.15) is 29.8 Å². The van der Waals surface area contributed by atoms with Crippen LogP contribution in [0.15, 0.2) is 53.7 Å². The smallest absolute Gasteiger partial charge is 0.216 e. The molecule has 6 rings (SSSR count). The minimum Gasteiger partial charge on any atom is -0.477 e. The summed E-state index contributed by atoms with van der Waals surface area (Å²) in [5, 5.41) is 4.59. The van der Waals surface area contributed by atoms with Gasteiger partial charge in [0.15, 0.2) is 11.6 Å². The zero-order valence-corrected chi connectivity index (χ0v) is 20.5. The molecule has 2 aliphatic heterocycles. The van der Waals surface area contributed by atoms with Crippen LogP contribution in [0.2, 0.25) is 0 Å². The van der Waals surface area contributed by atoms with Gasteiger partial charge in [-0.1, -0.05) is 0 Å². The Morgan fingerprint density at radius 1 is 1.19 bits per heavy atom. The van der Waals surface area contributed by atoms with Gasteiger partial charge in [0.25, 0.3) is 0 Å². The number of aryl methyl sites for hydroxylation is 1. The minimum atomic E-state index is -0.490. The third-order valence-electron chi connectivity index (χ3n) is 6.97. The fourth-order valence-corrected chi connectivity index (χ4v) is 4.97. The average molecular weight is 499 g/mol. The second-order valence-corrected chi connectivity index (χ2v) is 9.29. The number of hydrogen-bond donors (Lipinski definition) is 3. The second-order valence-electron chi connectivity index (χ2n) is 9.29. The highest BCUT2D eigenvalue weighted by Crippen LogP contribution is 2.38. The Bertz CT molecular complexity index is 1560. The van der Waals surface area contributed by atoms with E-state index in [9.17, 15) is 0 Å². The average Bonchev–Trinajstić information content (AvgIpc) is 3.27. The number of nitrogens with two attached hydrogens (primary N) is 2. The Kier molecular flexibility index (Phi) is 5.71. The van der Waals surface area contributed by atoms with Crippen LogP contribution in [-0.4, -0.2) is 32.0 Å². The van der Waals surface area contributed by atoms with Gasteiger partial charge >= 0.3 is 0 Å². The number of halogens is 1. The summed E-state index contributed by atoms with van der Waals surface area (Å²) in [6, 6.07) is 3.53. The predicted octanol–water partition coefficient (Wildman–Crippen LogP) is 3.91. The molecule has 0 saturated carbocycles. The Labute approximate surface area is 213 Å². The van der Waals surface area contributed by atoms with Gasteiger partial charge in [-0.15, -0.1) is 0 Å². The molecule has 0 amide bonds. The number of ether oxygens (including phenoxy) is 1. The quantitative estimate of drug-likeness (QED) is 0.222. The van der Waals surface area contributed by atoms with Gasteiger partial charge in [0.05, 0.1) is 18.8 Å². The zero-order valence-electron chi connectivity index (χ0n) is 20.5. The van der Waals surface area contributed by atoms with Crippen LogP contribution < -0.4 is 21.5 Å². The van der Waals surface area contributed by atoms with Crippen LogP contribution in [0, 0.1) is 12.7 Å². The SMILES string of the molecule is Cc1c(-c2cc3cc(/N=C(N)/C=C4/CCn5ccnc5CN4)ncc3c(N)c2F)cnc2c1CCCO2. The number of nitrogen functional groups attached to an aromatic ring is 1. The lowest BCUT2D eigenvalue weighted by Gasteiger charge is -2.20. The summed E-state index contributed by atoms with van der Waals surface area (Å²) >= 11 is 0. The first kappa shape index (κ1) is 23.0. The van der Waals surface area contributed by atoms with E-state index in [1.54, 1.807) is 24.5 Å². The lowest BCUT2D eigenvalue weighted by atomic mass is 9.93. The highest BCUT2D eigenvalue weighted by Gasteiger charge is 2.21. The van der Waals surface area contributed by atoms with Gasteiger partial charge in [0, 0.05) is 65.5 Å². The summed E-state index contributed by atoms with van der Waals surface area (Å²) in [6.45, 7) is 4.05. The molecule has 9 nitrogen and oxygen atoms in total. The molecule has 37 heavy (non-hydrogen) atoms. The topological polar surface area (TPSA) is 129 Å². The standard InChI is InChI=1S/C27H27FN8O/c1-15-18-3-2-8-37-27(18)34-12-20(15)19-9-16-10-23(33-13-21(16)26(30)25(19)28)35-22(29)11-17-4-6-36-7-5-31-24(36)14-32-17/h5,7,9-13,32H,2-4,6,8,14,30H2,1H3,(H2,29,33,35)/b17-11-. The number of nitrogens with zero attached hydrogens (tertiary/aromatic N) is 5. The molecule has 0 fully saturated rings. The van der Waals surface area contributed by atoms with Gasteiger partial charge in [-0.2, -0.15) is 0 Å². The highest BCUT2D eigenvalue weighted by molar-refractivity contribution is 5.99. The number of hydrogen-bond acceptors (Lipinski definition) is 7. The summed E-state index contributed by atoms with van der Waals surface area (Å²) in [5.74, 6) is 1.84. The van der Waals surface area contributed by atoms with Crippen LogP contribution in [0.3, 0.4) is 0 Å². The monoisotopic (exact) mass is 498 g/mol. The second kappa shape index (κ2) is 9.20. The molecule has 0 atom stereocenters. The van der Waals surface area contributed by atoms with Crippen molar-refractivity contribution in [2.24, 2.45) is 10.7 Å². The molecule has 3 aromatic heterocycles. The molecule has 1 aromatic carbocycles. The molecule has 0 unspecified atom stereocenters. The van der Waals surface area contributed by atoms with Crippen molar-refractivity contribution in [1.29, 1.82) is 0 Å². The number of amidine groups is 1. The van der Waals surface area contributed by atoms with Crippen LogP contribution in [0.25, 0.3) is 21.9 Å². The fourth-order valence-electron chi connectivity index (χ4n) is 4.97. The van der Waals surface area contributed by atoms with Gasteiger partial charge in [-0.25, -0.2) is 24.3 Å². The number of pyridine rings is 2. The number of anilines is 1. The zero-order chi connectivity index (χ0) is 25.5. The molecular formula is C27H27FN8O. The molecule has 5 N–H and O–H groups in total. The van der Waals surface area contributed by atoms with E-state index in [0.29, 0.717) is 47.2 Å². The van der Waals surface area contributed by atoms with E-state index < -0.39 is 5.82 Å². The molecule has 188 valence electrons. The van der Waals surface area contributed by atoms with Gasteiger partial charge in [-0.05, 0) is 48.9 Å². The maximum Gasteiger partial charge on any atom is 0.216 e. The van der Waals surface area contributed by atoms with E-state index in [2.05, 4.69) is 29.8 Å². The Morgan fingerprint density at radius 2 is 2.08 bits per heavy atom. The van der Waals surface area contributed by atoms with E-state index in [0.717, 1.165) is 53.8 Å². The molecule has 0 radical (unpaired) electrons. The first-order chi connectivity index (χ1) is 18.0. The van der Waals surface area contributed by atoms with E-state index in [1.165, 1.54) is 6.20 Å². The van der Waals surface area contributed by atoms with Crippen LogP contribution in [0.4, 0.5) is 15.9 Å². The summed E-state index contributed by atoms with van der Waals surface area (Å²) < 4.78 is 23.2. The highest BCUT2D eigenvalue weighted by atomic mass is 19.1. The molecule has 2 aliphatic rings. The molecule has 5 heterocycles. The summed E-state index contributed by atoms with van der Waals surface area (Å²) in [5.41, 5.74) is 16.5. The largest absolute Gasteiger partial charge is 0.477 e. The third kappa shape index (κ3) is 4.24. The molecule has 4 aromatic rings. The van der Waals surface area contributed by atoms with Gasteiger partial charge < -0.3 is 26.1 Å². The van der Waals surface area contributed by atoms with E-state index in [1.807, 2.05) is 19.2 Å². The number of imidazole rings is 1. The van der Waals surface area contributed by atoms with Crippen LogP contribution in [0.5, 0.6) is 5.88 Å². The Hall–Kier alpha value is -4.47. The van der Waals surface area contributed by atoms with Crippen molar-refractivity contribution in [1.82, 2.24) is 24.8 Å². The molecular weight excluding hydrogens is 471 g/mol. The normalized spacial score (nSPS) is 16.6. The van der Waals surface area contributed by atoms with Crippen molar-refractivity contribution in [2.75, 3.05) is 12.3 Å². The fraction of sp³-hybridized carbons (Fsp3) is 0.259. The van der Waals surface area contributed by atoms with Crippen molar-refractivity contribution < 1.29 is 9.13 Å². The molecule has 0 bridgehead atoms. The predicted molar refractivity (Wildman–Crippen MR) is 141 cm³/mol. The van der Waals surface area contributed by atoms with Gasteiger partial charge in [0.1, 0.15) is 11.7 Å². The van der Waals surface area contributed by atoms with Crippen molar-refractivity contribution in [3.8, 4) is 17.0 Å². The van der Waals surface area contributed by atoms with Crippen molar-refractivity contribution >= 4 is 28.1 Å². The van der Waals surface area contributed by atoms with Gasteiger partial charge in [-0.3, -0.25) is 0 Å². The molecule has 0 spiro atoms. The van der Waals surface area contributed by atoms with E-state index >= 15 is 4.39 Å². The first-order valence-electron chi connectivity index (χ1n) is 12.3. The maximum atomic E-state index is 15.4. The number of fused-ring (bicyclic) bond motifs is 3.